The smallest absolute Gasteiger partial charge is 0.263 e. The summed E-state index contributed by atoms with van der Waals surface area (Å²) in [6, 6.07) is 9.86. The van der Waals surface area contributed by atoms with Gasteiger partial charge in [-0.2, -0.15) is 0 Å². The van der Waals surface area contributed by atoms with E-state index in [0.717, 1.165) is 37.2 Å². The molecule has 2 N–H and O–H groups in total. The first-order valence-electron chi connectivity index (χ1n) is 11.2. The number of halogens is 1. The molecule has 0 radical (unpaired) electrons. The highest BCUT2D eigenvalue weighted by Crippen LogP contribution is 2.27. The van der Waals surface area contributed by atoms with Crippen LogP contribution in [0.5, 0.6) is 0 Å². The summed E-state index contributed by atoms with van der Waals surface area (Å²) >= 11 is 6.19. The second-order valence-corrected chi connectivity index (χ2v) is 10.5. The molecule has 1 saturated heterocycles. The second kappa shape index (κ2) is 11.2. The van der Waals surface area contributed by atoms with Crippen LogP contribution in [0.15, 0.2) is 41.3 Å². The lowest BCUT2D eigenvalue weighted by Gasteiger charge is -2.19. The SMILES string of the molecule is Cc1ccc(C)c(NS(=O)(=O)c2cc(C(=O)NCCCN3CCCCCC3)ccc2Cl)c1. The molecule has 0 atom stereocenters. The standard InChI is InChI=1S/C24H32ClN3O3S/c1-18-8-9-19(2)22(16-18)27-32(30,31)23-17-20(10-11-21(23)25)24(29)26-12-7-15-28-13-5-3-4-6-14-28/h8-11,16-17,27H,3-7,12-15H2,1-2H3,(H,26,29). The highest BCUT2D eigenvalue weighted by Gasteiger charge is 2.21. The van der Waals surface area contributed by atoms with Crippen molar-refractivity contribution in [3.05, 3.63) is 58.1 Å². The molecular weight excluding hydrogens is 446 g/mol. The highest BCUT2D eigenvalue weighted by molar-refractivity contribution is 7.92. The summed E-state index contributed by atoms with van der Waals surface area (Å²) in [6.45, 7) is 7.47. The molecule has 2 aromatic rings. The first-order valence-corrected chi connectivity index (χ1v) is 13.0. The molecule has 174 valence electrons. The number of benzene rings is 2. The number of nitrogens with zero attached hydrogens (tertiary/aromatic N) is 1. The number of sulfonamides is 1. The lowest BCUT2D eigenvalue weighted by Crippen LogP contribution is -2.30. The number of carbonyl (C=O) groups excluding carboxylic acids is 1. The second-order valence-electron chi connectivity index (χ2n) is 8.43. The summed E-state index contributed by atoms with van der Waals surface area (Å²) in [5.74, 6) is -0.305. The van der Waals surface area contributed by atoms with Crippen molar-refractivity contribution in [1.29, 1.82) is 0 Å². The summed E-state index contributed by atoms with van der Waals surface area (Å²) in [5.41, 5.74) is 2.50. The van der Waals surface area contributed by atoms with E-state index in [1.807, 2.05) is 26.0 Å². The maximum absolute atomic E-state index is 13.0. The molecule has 8 heteroatoms. The topological polar surface area (TPSA) is 78.5 Å². The van der Waals surface area contributed by atoms with E-state index in [9.17, 15) is 13.2 Å². The minimum atomic E-state index is -3.95. The molecule has 0 spiro atoms. The van der Waals surface area contributed by atoms with Crippen molar-refractivity contribution in [2.24, 2.45) is 0 Å². The van der Waals surface area contributed by atoms with Crippen LogP contribution in [-0.2, 0) is 10.0 Å². The largest absolute Gasteiger partial charge is 0.352 e. The van der Waals surface area contributed by atoms with Crippen LogP contribution in [0.3, 0.4) is 0 Å². The Balaban J connectivity index is 1.63. The zero-order chi connectivity index (χ0) is 23.1. The van der Waals surface area contributed by atoms with Crippen molar-refractivity contribution >= 4 is 33.2 Å². The van der Waals surface area contributed by atoms with Gasteiger partial charge in [-0.15, -0.1) is 0 Å². The minimum Gasteiger partial charge on any atom is -0.352 e. The van der Waals surface area contributed by atoms with Gasteiger partial charge in [-0.3, -0.25) is 9.52 Å². The Kier molecular flexibility index (Phi) is 8.57. The number of aryl methyl sites for hydroxylation is 2. The normalized spacial score (nSPS) is 15.2. The first-order chi connectivity index (χ1) is 15.3. The summed E-state index contributed by atoms with van der Waals surface area (Å²) in [4.78, 5) is 15.0. The number of hydrogen-bond acceptors (Lipinski definition) is 4. The van der Waals surface area contributed by atoms with Gasteiger partial charge in [0.05, 0.1) is 10.7 Å². The van der Waals surface area contributed by atoms with Gasteiger partial charge in [0.2, 0.25) is 0 Å². The molecule has 1 fully saturated rings. The van der Waals surface area contributed by atoms with Crippen LogP contribution in [0, 0.1) is 13.8 Å². The number of anilines is 1. The van der Waals surface area contributed by atoms with Gasteiger partial charge in [0, 0.05) is 12.1 Å². The van der Waals surface area contributed by atoms with E-state index in [0.29, 0.717) is 12.2 Å². The minimum absolute atomic E-state index is 0.0699. The Morgan fingerprint density at radius 2 is 1.75 bits per heavy atom. The number of carbonyl (C=O) groups is 1. The quantitative estimate of drug-likeness (QED) is 0.537. The Hall–Kier alpha value is -2.09. The van der Waals surface area contributed by atoms with Crippen molar-refractivity contribution in [2.75, 3.05) is 30.9 Å². The van der Waals surface area contributed by atoms with Crippen LogP contribution in [-0.4, -0.2) is 45.4 Å². The van der Waals surface area contributed by atoms with Crippen LogP contribution < -0.4 is 10.0 Å². The van der Waals surface area contributed by atoms with E-state index in [4.69, 9.17) is 11.6 Å². The van der Waals surface area contributed by atoms with Crippen LogP contribution in [0.2, 0.25) is 5.02 Å². The number of hydrogen-bond donors (Lipinski definition) is 2. The van der Waals surface area contributed by atoms with Crippen LogP contribution in [0.1, 0.15) is 53.6 Å². The third-order valence-electron chi connectivity index (χ3n) is 5.76. The van der Waals surface area contributed by atoms with E-state index in [2.05, 4.69) is 14.9 Å². The molecule has 0 bridgehead atoms. The Morgan fingerprint density at radius 1 is 1.03 bits per heavy atom. The van der Waals surface area contributed by atoms with Crippen molar-refractivity contribution < 1.29 is 13.2 Å². The van der Waals surface area contributed by atoms with Crippen LogP contribution in [0.25, 0.3) is 0 Å². The summed E-state index contributed by atoms with van der Waals surface area (Å²) in [7, 11) is -3.95. The molecule has 1 heterocycles. The lowest BCUT2D eigenvalue weighted by molar-refractivity contribution is 0.0951. The Bertz CT molecular complexity index is 1050. The summed E-state index contributed by atoms with van der Waals surface area (Å²) < 4.78 is 28.6. The molecule has 3 rings (SSSR count). The fourth-order valence-corrected chi connectivity index (χ4v) is 5.51. The predicted octanol–water partition coefficient (Wildman–Crippen LogP) is 4.75. The van der Waals surface area contributed by atoms with Crippen molar-refractivity contribution in [3.63, 3.8) is 0 Å². The van der Waals surface area contributed by atoms with E-state index in [1.165, 1.54) is 37.8 Å². The molecule has 32 heavy (non-hydrogen) atoms. The average molecular weight is 478 g/mol. The number of amides is 1. The van der Waals surface area contributed by atoms with Gasteiger partial charge in [0.1, 0.15) is 4.90 Å². The molecule has 0 unspecified atom stereocenters. The van der Waals surface area contributed by atoms with Gasteiger partial charge in [-0.25, -0.2) is 8.42 Å². The van der Waals surface area contributed by atoms with Gasteiger partial charge in [-0.1, -0.05) is 36.6 Å². The van der Waals surface area contributed by atoms with E-state index < -0.39 is 10.0 Å². The van der Waals surface area contributed by atoms with E-state index in [-0.39, 0.29) is 21.4 Å². The maximum Gasteiger partial charge on any atom is 0.263 e. The van der Waals surface area contributed by atoms with Gasteiger partial charge < -0.3 is 10.2 Å². The molecule has 6 nitrogen and oxygen atoms in total. The van der Waals surface area contributed by atoms with Crippen molar-refractivity contribution in [2.45, 2.75) is 50.8 Å². The Labute approximate surface area is 196 Å². The highest BCUT2D eigenvalue weighted by atomic mass is 35.5. The number of likely N-dealkylation sites (tertiary alicyclic amines) is 1. The molecule has 0 saturated carbocycles. The van der Waals surface area contributed by atoms with Crippen molar-refractivity contribution in [3.8, 4) is 0 Å². The molecule has 1 amide bonds. The summed E-state index contributed by atoms with van der Waals surface area (Å²) in [6.07, 6.45) is 5.94. The third-order valence-corrected chi connectivity index (χ3v) is 7.60. The molecule has 2 aromatic carbocycles. The monoisotopic (exact) mass is 477 g/mol. The first kappa shape index (κ1) is 24.6. The number of rotatable bonds is 8. The van der Waals surface area contributed by atoms with Gasteiger partial charge in [-0.05, 0) is 88.1 Å². The van der Waals surface area contributed by atoms with Gasteiger partial charge in [0.15, 0.2) is 0 Å². The zero-order valence-corrected chi connectivity index (χ0v) is 20.4. The van der Waals surface area contributed by atoms with Crippen LogP contribution in [0.4, 0.5) is 5.69 Å². The van der Waals surface area contributed by atoms with Gasteiger partial charge in [0.25, 0.3) is 15.9 Å². The predicted molar refractivity (Wildman–Crippen MR) is 130 cm³/mol. The van der Waals surface area contributed by atoms with Crippen molar-refractivity contribution in [1.82, 2.24) is 10.2 Å². The lowest BCUT2D eigenvalue weighted by atomic mass is 10.1. The average Bonchev–Trinajstić information content (AvgIpc) is 3.02. The van der Waals surface area contributed by atoms with Gasteiger partial charge >= 0.3 is 0 Å². The van der Waals surface area contributed by atoms with E-state index >= 15 is 0 Å². The Morgan fingerprint density at radius 3 is 2.47 bits per heavy atom. The fraction of sp³-hybridized carbons (Fsp3) is 0.458. The zero-order valence-electron chi connectivity index (χ0n) is 18.8. The molecule has 1 aliphatic heterocycles. The molecule has 0 aliphatic carbocycles. The third kappa shape index (κ3) is 6.70. The summed E-state index contributed by atoms with van der Waals surface area (Å²) in [5, 5.41) is 2.96. The molecule has 1 aliphatic rings. The molecular formula is C24H32ClN3O3S. The fourth-order valence-electron chi connectivity index (χ4n) is 3.86. The molecule has 0 aromatic heterocycles. The van der Waals surface area contributed by atoms with Crippen LogP contribution >= 0.6 is 11.6 Å². The van der Waals surface area contributed by atoms with E-state index in [1.54, 1.807) is 12.1 Å². The maximum atomic E-state index is 13.0. The number of nitrogens with one attached hydrogen (secondary N) is 2.